The number of rotatable bonds is 6. The predicted molar refractivity (Wildman–Crippen MR) is 99.1 cm³/mol. The van der Waals surface area contributed by atoms with Crippen molar-refractivity contribution >= 4 is 39.0 Å². The highest BCUT2D eigenvalue weighted by Crippen LogP contribution is 2.23. The summed E-state index contributed by atoms with van der Waals surface area (Å²) >= 11 is 3.45. The first-order valence-corrected chi connectivity index (χ1v) is 8.62. The Morgan fingerprint density at radius 1 is 1.22 bits per heavy atom. The Morgan fingerprint density at radius 3 is 2.52 bits per heavy atom. The van der Waals surface area contributed by atoms with Crippen molar-refractivity contribution in [2.24, 2.45) is 5.92 Å². The summed E-state index contributed by atoms with van der Waals surface area (Å²) in [5.74, 6) is 0.857. The third-order valence-electron chi connectivity index (χ3n) is 3.84. The Labute approximate surface area is 145 Å². The number of carbonyl (C=O) groups is 1. The number of aromatic nitrogens is 1. The monoisotopic (exact) mass is 375 g/mol. The topological polar surface area (TPSA) is 54.0 Å². The van der Waals surface area contributed by atoms with Crippen LogP contribution < -0.4 is 10.6 Å². The molecule has 2 aromatic rings. The van der Waals surface area contributed by atoms with Gasteiger partial charge in [-0.1, -0.05) is 29.8 Å². The fourth-order valence-electron chi connectivity index (χ4n) is 2.35. The van der Waals surface area contributed by atoms with E-state index in [1.165, 1.54) is 0 Å². The van der Waals surface area contributed by atoms with Gasteiger partial charge < -0.3 is 10.6 Å². The zero-order chi connectivity index (χ0) is 16.8. The normalized spacial score (nSPS) is 10.7. The number of nitrogens with one attached hydrogen (secondary N) is 2. The molecule has 0 aliphatic rings. The van der Waals surface area contributed by atoms with Gasteiger partial charge in [-0.25, -0.2) is 4.98 Å². The maximum absolute atomic E-state index is 12.1. The van der Waals surface area contributed by atoms with Gasteiger partial charge in [0.25, 0.3) is 0 Å². The molecule has 2 rings (SSSR count). The summed E-state index contributed by atoms with van der Waals surface area (Å²) < 4.78 is 1.05. The molecular weight excluding hydrogens is 354 g/mol. The predicted octanol–water partition coefficient (Wildman–Crippen LogP) is 5.27. The van der Waals surface area contributed by atoms with Crippen LogP contribution in [0.2, 0.25) is 0 Å². The number of nitrogens with zero attached hydrogens (tertiary/aromatic N) is 1. The Balaban J connectivity index is 2.03. The summed E-state index contributed by atoms with van der Waals surface area (Å²) in [4.78, 5) is 16.4. The molecule has 1 aromatic carbocycles. The SMILES string of the molecule is CCC(CC)C(=O)Nc1ccc(Nc2ccc(Br)cc2C)nc1. The standard InChI is InChI=1S/C18H22BrN3O/c1-4-13(5-2)18(23)21-15-7-9-17(20-11-15)22-16-8-6-14(19)10-12(16)3/h6-11,13H,4-5H2,1-3H3,(H,20,22)(H,21,23). The molecule has 0 spiro atoms. The minimum Gasteiger partial charge on any atom is -0.340 e. The molecular formula is C18H22BrN3O. The van der Waals surface area contributed by atoms with Crippen molar-refractivity contribution < 1.29 is 4.79 Å². The molecule has 23 heavy (non-hydrogen) atoms. The van der Waals surface area contributed by atoms with Crippen LogP contribution in [0, 0.1) is 12.8 Å². The van der Waals surface area contributed by atoms with Gasteiger partial charge in [-0.05, 0) is 55.7 Å². The molecule has 4 nitrogen and oxygen atoms in total. The highest BCUT2D eigenvalue weighted by atomic mass is 79.9. The average molecular weight is 376 g/mol. The summed E-state index contributed by atoms with van der Waals surface area (Å²) in [6.45, 7) is 6.09. The molecule has 1 amide bonds. The van der Waals surface area contributed by atoms with Crippen LogP contribution in [0.1, 0.15) is 32.3 Å². The molecule has 1 aromatic heterocycles. The number of aryl methyl sites for hydroxylation is 1. The lowest BCUT2D eigenvalue weighted by molar-refractivity contribution is -0.120. The van der Waals surface area contributed by atoms with Crippen LogP contribution in [0.25, 0.3) is 0 Å². The van der Waals surface area contributed by atoms with Crippen LogP contribution in [-0.2, 0) is 4.79 Å². The Morgan fingerprint density at radius 2 is 1.96 bits per heavy atom. The highest BCUT2D eigenvalue weighted by molar-refractivity contribution is 9.10. The van der Waals surface area contributed by atoms with Gasteiger partial charge in [-0.15, -0.1) is 0 Å². The third kappa shape index (κ3) is 4.79. The third-order valence-corrected chi connectivity index (χ3v) is 4.33. The van der Waals surface area contributed by atoms with Crippen molar-refractivity contribution in [3.63, 3.8) is 0 Å². The molecule has 0 saturated carbocycles. The lowest BCUT2D eigenvalue weighted by Gasteiger charge is -2.13. The summed E-state index contributed by atoms with van der Waals surface area (Å²) in [6.07, 6.45) is 3.37. The highest BCUT2D eigenvalue weighted by Gasteiger charge is 2.14. The Kier molecular flexibility index (Phi) is 6.16. The number of hydrogen-bond donors (Lipinski definition) is 2. The van der Waals surface area contributed by atoms with E-state index in [9.17, 15) is 4.79 Å². The molecule has 1 heterocycles. The quantitative estimate of drug-likeness (QED) is 0.722. The van der Waals surface area contributed by atoms with Gasteiger partial charge in [0.05, 0.1) is 11.9 Å². The van der Waals surface area contributed by atoms with Crippen molar-refractivity contribution in [3.8, 4) is 0 Å². The van der Waals surface area contributed by atoms with Crippen LogP contribution in [0.4, 0.5) is 17.2 Å². The average Bonchev–Trinajstić information content (AvgIpc) is 2.53. The molecule has 0 bridgehead atoms. The van der Waals surface area contributed by atoms with Crippen molar-refractivity contribution in [2.75, 3.05) is 10.6 Å². The summed E-state index contributed by atoms with van der Waals surface area (Å²) in [5.41, 5.74) is 2.86. The van der Waals surface area contributed by atoms with Gasteiger partial charge in [0.2, 0.25) is 5.91 Å². The van der Waals surface area contributed by atoms with Crippen LogP contribution in [0.5, 0.6) is 0 Å². The first kappa shape index (κ1) is 17.5. The largest absolute Gasteiger partial charge is 0.340 e. The van der Waals surface area contributed by atoms with Crippen molar-refractivity contribution in [3.05, 3.63) is 46.6 Å². The van der Waals surface area contributed by atoms with E-state index in [1.54, 1.807) is 6.20 Å². The summed E-state index contributed by atoms with van der Waals surface area (Å²) in [7, 11) is 0. The van der Waals surface area contributed by atoms with Gasteiger partial charge in [-0.2, -0.15) is 0 Å². The molecule has 0 atom stereocenters. The Hall–Kier alpha value is -1.88. The molecule has 2 N–H and O–H groups in total. The number of carbonyl (C=O) groups excluding carboxylic acids is 1. The molecule has 0 aliphatic heterocycles. The number of hydrogen-bond acceptors (Lipinski definition) is 3. The van der Waals surface area contributed by atoms with E-state index in [4.69, 9.17) is 0 Å². The van der Waals surface area contributed by atoms with Gasteiger partial charge in [0.1, 0.15) is 5.82 Å². The van der Waals surface area contributed by atoms with E-state index in [2.05, 4.69) is 31.5 Å². The fourth-order valence-corrected chi connectivity index (χ4v) is 2.83. The second kappa shape index (κ2) is 8.11. The molecule has 0 saturated heterocycles. The molecule has 122 valence electrons. The number of anilines is 3. The van der Waals surface area contributed by atoms with E-state index < -0.39 is 0 Å². The second-order valence-corrected chi connectivity index (χ2v) is 6.43. The van der Waals surface area contributed by atoms with E-state index in [1.807, 2.05) is 51.1 Å². The maximum Gasteiger partial charge on any atom is 0.227 e. The van der Waals surface area contributed by atoms with Gasteiger partial charge in [0, 0.05) is 16.1 Å². The molecule has 5 heteroatoms. The zero-order valence-electron chi connectivity index (χ0n) is 13.7. The first-order chi connectivity index (χ1) is 11.0. The minimum atomic E-state index is 0.0539. The summed E-state index contributed by atoms with van der Waals surface area (Å²) in [6, 6.07) is 9.77. The van der Waals surface area contributed by atoms with E-state index >= 15 is 0 Å². The number of benzene rings is 1. The van der Waals surface area contributed by atoms with Crippen molar-refractivity contribution in [1.29, 1.82) is 0 Å². The number of pyridine rings is 1. The summed E-state index contributed by atoms with van der Waals surface area (Å²) in [5, 5.41) is 6.20. The van der Waals surface area contributed by atoms with E-state index in [0.717, 1.165) is 40.1 Å². The van der Waals surface area contributed by atoms with E-state index in [0.29, 0.717) is 0 Å². The fraction of sp³-hybridized carbons (Fsp3) is 0.333. The molecule has 0 aliphatic carbocycles. The van der Waals surface area contributed by atoms with Crippen LogP contribution >= 0.6 is 15.9 Å². The first-order valence-electron chi connectivity index (χ1n) is 7.83. The van der Waals surface area contributed by atoms with Gasteiger partial charge >= 0.3 is 0 Å². The lowest BCUT2D eigenvalue weighted by atomic mass is 10.0. The minimum absolute atomic E-state index is 0.0539. The van der Waals surface area contributed by atoms with Gasteiger partial charge in [-0.3, -0.25) is 4.79 Å². The van der Waals surface area contributed by atoms with Crippen LogP contribution in [-0.4, -0.2) is 10.9 Å². The van der Waals surface area contributed by atoms with Crippen molar-refractivity contribution in [2.45, 2.75) is 33.6 Å². The molecule has 0 unspecified atom stereocenters. The number of halogens is 1. The Bertz CT molecular complexity index is 666. The number of amides is 1. The second-order valence-electron chi connectivity index (χ2n) is 5.52. The van der Waals surface area contributed by atoms with Crippen LogP contribution in [0.15, 0.2) is 41.0 Å². The van der Waals surface area contributed by atoms with Crippen molar-refractivity contribution in [1.82, 2.24) is 4.98 Å². The van der Waals surface area contributed by atoms with Gasteiger partial charge in [0.15, 0.2) is 0 Å². The molecule has 0 radical (unpaired) electrons. The van der Waals surface area contributed by atoms with Crippen LogP contribution in [0.3, 0.4) is 0 Å². The zero-order valence-corrected chi connectivity index (χ0v) is 15.3. The smallest absolute Gasteiger partial charge is 0.227 e. The van der Waals surface area contributed by atoms with E-state index in [-0.39, 0.29) is 11.8 Å². The lowest BCUT2D eigenvalue weighted by Crippen LogP contribution is -2.21. The molecule has 0 fully saturated rings. The maximum atomic E-state index is 12.1.